The van der Waals surface area contributed by atoms with Crippen molar-refractivity contribution in [3.8, 4) is 11.5 Å². The van der Waals surface area contributed by atoms with Crippen molar-refractivity contribution in [2.75, 3.05) is 34.0 Å². The Morgan fingerprint density at radius 2 is 1.80 bits per heavy atom. The zero-order chi connectivity index (χ0) is 21.6. The lowest BCUT2D eigenvalue weighted by molar-refractivity contribution is -0.385. The molecule has 2 aromatic carbocycles. The van der Waals surface area contributed by atoms with Gasteiger partial charge >= 0.3 is 0 Å². The molecule has 1 amide bonds. The minimum absolute atomic E-state index is 0.0652. The maximum absolute atomic E-state index is 12.9. The zero-order valence-electron chi connectivity index (χ0n) is 16.9. The number of carbonyl (C=O) groups excluding carboxylic acids is 1. The monoisotopic (exact) mass is 432 g/mol. The third-order valence-electron chi connectivity index (χ3n) is 5.00. The molecule has 1 aliphatic rings. The lowest BCUT2D eigenvalue weighted by Crippen LogP contribution is -2.44. The van der Waals surface area contributed by atoms with Crippen LogP contribution in [-0.2, 0) is 4.74 Å². The predicted octanol–water partition coefficient (Wildman–Crippen LogP) is 3.68. The van der Waals surface area contributed by atoms with E-state index < -0.39 is 10.8 Å². The van der Waals surface area contributed by atoms with Crippen LogP contribution in [0.25, 0.3) is 0 Å². The van der Waals surface area contributed by atoms with Gasteiger partial charge in [0.2, 0.25) is 0 Å². The molecule has 1 saturated heterocycles. The molecule has 0 unspecified atom stereocenters. The standard InChI is InChI=1S/C21H24N2O6S/c1-27-18-12-16(17(23(25)26)13-19(18)28-2)20(24)22-14-21(8-10-29-11-9-21)30-15-6-4-3-5-7-15/h3-7,12-13H,8-11,14H2,1-2H3,(H,22,24). The third kappa shape index (κ3) is 5.03. The number of hydrogen-bond donors (Lipinski definition) is 1. The average molecular weight is 432 g/mol. The first-order valence-corrected chi connectivity index (χ1v) is 10.3. The topological polar surface area (TPSA) is 99.9 Å². The van der Waals surface area contributed by atoms with Gasteiger partial charge in [-0.1, -0.05) is 18.2 Å². The fraction of sp³-hybridized carbons (Fsp3) is 0.381. The van der Waals surface area contributed by atoms with Gasteiger partial charge in [0, 0.05) is 35.5 Å². The minimum Gasteiger partial charge on any atom is -0.493 e. The number of nitrogens with one attached hydrogen (secondary N) is 1. The number of benzene rings is 2. The Labute approximate surface area is 179 Å². The summed E-state index contributed by atoms with van der Waals surface area (Å²) >= 11 is 1.70. The number of carbonyl (C=O) groups is 1. The molecular formula is C21H24N2O6S. The molecule has 1 N–H and O–H groups in total. The van der Waals surface area contributed by atoms with Crippen molar-refractivity contribution in [3.63, 3.8) is 0 Å². The molecule has 160 valence electrons. The number of nitro benzene ring substituents is 1. The van der Waals surface area contributed by atoms with E-state index in [0.29, 0.717) is 19.8 Å². The van der Waals surface area contributed by atoms with E-state index in [1.807, 2.05) is 30.3 Å². The second kappa shape index (κ2) is 9.82. The Morgan fingerprint density at radius 1 is 1.17 bits per heavy atom. The number of thioether (sulfide) groups is 1. The molecule has 8 nitrogen and oxygen atoms in total. The quantitative estimate of drug-likeness (QED) is 0.502. The Kier molecular flexibility index (Phi) is 7.17. The summed E-state index contributed by atoms with van der Waals surface area (Å²) in [6.07, 6.45) is 1.53. The summed E-state index contributed by atoms with van der Waals surface area (Å²) < 4.78 is 15.6. The van der Waals surface area contributed by atoms with Crippen LogP contribution < -0.4 is 14.8 Å². The lowest BCUT2D eigenvalue weighted by Gasteiger charge is -2.36. The summed E-state index contributed by atoms with van der Waals surface area (Å²) in [5.41, 5.74) is -0.397. The molecule has 0 bridgehead atoms. The summed E-state index contributed by atoms with van der Waals surface area (Å²) in [6, 6.07) is 12.5. The number of nitro groups is 1. The molecule has 0 radical (unpaired) electrons. The van der Waals surface area contributed by atoms with Crippen LogP contribution in [0.5, 0.6) is 11.5 Å². The molecule has 1 fully saturated rings. The van der Waals surface area contributed by atoms with Crippen LogP contribution in [-0.4, -0.2) is 49.6 Å². The van der Waals surface area contributed by atoms with Crippen molar-refractivity contribution in [1.82, 2.24) is 5.32 Å². The first-order chi connectivity index (χ1) is 14.5. The highest BCUT2D eigenvalue weighted by atomic mass is 32.2. The van der Waals surface area contributed by atoms with Crippen LogP contribution in [0.3, 0.4) is 0 Å². The van der Waals surface area contributed by atoms with Crippen LogP contribution in [0.2, 0.25) is 0 Å². The van der Waals surface area contributed by atoms with Gasteiger partial charge in [0.1, 0.15) is 5.56 Å². The zero-order valence-corrected chi connectivity index (χ0v) is 17.7. The van der Waals surface area contributed by atoms with Crippen LogP contribution in [0.15, 0.2) is 47.4 Å². The van der Waals surface area contributed by atoms with E-state index in [2.05, 4.69) is 5.32 Å². The van der Waals surface area contributed by atoms with Gasteiger partial charge in [-0.15, -0.1) is 11.8 Å². The van der Waals surface area contributed by atoms with E-state index >= 15 is 0 Å². The molecule has 9 heteroatoms. The summed E-state index contributed by atoms with van der Waals surface area (Å²) in [7, 11) is 2.80. The number of rotatable bonds is 8. The van der Waals surface area contributed by atoms with Crippen molar-refractivity contribution in [1.29, 1.82) is 0 Å². The molecule has 0 spiro atoms. The Balaban J connectivity index is 1.82. The van der Waals surface area contributed by atoms with E-state index in [9.17, 15) is 14.9 Å². The van der Waals surface area contributed by atoms with Crippen molar-refractivity contribution in [3.05, 3.63) is 58.1 Å². The maximum atomic E-state index is 12.9. The summed E-state index contributed by atoms with van der Waals surface area (Å²) in [4.78, 5) is 24.9. The van der Waals surface area contributed by atoms with Gasteiger partial charge in [0.25, 0.3) is 11.6 Å². The molecule has 0 aliphatic carbocycles. The van der Waals surface area contributed by atoms with Crippen molar-refractivity contribution in [2.45, 2.75) is 22.5 Å². The highest BCUT2D eigenvalue weighted by Crippen LogP contribution is 2.40. The van der Waals surface area contributed by atoms with Crippen molar-refractivity contribution < 1.29 is 23.9 Å². The number of amides is 1. The highest BCUT2D eigenvalue weighted by molar-refractivity contribution is 8.00. The molecule has 0 saturated carbocycles. The van der Waals surface area contributed by atoms with E-state index in [0.717, 1.165) is 17.7 Å². The molecule has 3 rings (SSSR count). The van der Waals surface area contributed by atoms with E-state index in [1.165, 1.54) is 26.4 Å². The predicted molar refractivity (Wildman–Crippen MR) is 114 cm³/mol. The normalized spacial score (nSPS) is 15.3. The maximum Gasteiger partial charge on any atom is 0.286 e. The van der Waals surface area contributed by atoms with Gasteiger partial charge in [-0.3, -0.25) is 14.9 Å². The summed E-state index contributed by atoms with van der Waals surface area (Å²) in [6.45, 7) is 1.57. The fourth-order valence-corrected chi connectivity index (χ4v) is 4.64. The van der Waals surface area contributed by atoms with Gasteiger partial charge in [-0.25, -0.2) is 0 Å². The SMILES string of the molecule is COc1cc(C(=O)NCC2(Sc3ccccc3)CCOCC2)c([N+](=O)[O-])cc1OC. The number of methoxy groups -OCH3 is 2. The smallest absolute Gasteiger partial charge is 0.286 e. The van der Waals surface area contributed by atoms with Crippen LogP contribution in [0, 0.1) is 10.1 Å². The summed E-state index contributed by atoms with van der Waals surface area (Å²) in [5.74, 6) is -0.0730. The Morgan fingerprint density at radius 3 is 2.40 bits per heavy atom. The fourth-order valence-electron chi connectivity index (χ4n) is 3.33. The molecule has 0 atom stereocenters. The third-order valence-corrected chi connectivity index (χ3v) is 6.49. The number of nitrogens with zero attached hydrogens (tertiary/aromatic N) is 1. The Hall–Kier alpha value is -2.78. The Bertz CT molecular complexity index is 900. The van der Waals surface area contributed by atoms with Gasteiger partial charge in [-0.2, -0.15) is 0 Å². The van der Waals surface area contributed by atoms with Crippen LogP contribution in [0.4, 0.5) is 5.69 Å². The van der Waals surface area contributed by atoms with E-state index in [-0.39, 0.29) is 27.5 Å². The van der Waals surface area contributed by atoms with Crippen LogP contribution >= 0.6 is 11.8 Å². The summed E-state index contributed by atoms with van der Waals surface area (Å²) in [5, 5.41) is 14.4. The second-order valence-electron chi connectivity index (χ2n) is 6.87. The average Bonchev–Trinajstić information content (AvgIpc) is 2.77. The van der Waals surface area contributed by atoms with Crippen LogP contribution in [0.1, 0.15) is 23.2 Å². The van der Waals surface area contributed by atoms with Crippen molar-refractivity contribution >= 4 is 23.4 Å². The van der Waals surface area contributed by atoms with Gasteiger partial charge < -0.3 is 19.5 Å². The molecule has 0 aromatic heterocycles. The van der Waals surface area contributed by atoms with Gasteiger partial charge in [0.15, 0.2) is 11.5 Å². The first-order valence-electron chi connectivity index (χ1n) is 9.48. The molecule has 1 heterocycles. The minimum atomic E-state index is -0.597. The molecule has 1 aliphatic heterocycles. The van der Waals surface area contributed by atoms with E-state index in [1.54, 1.807) is 11.8 Å². The number of ether oxygens (including phenoxy) is 3. The van der Waals surface area contributed by atoms with Gasteiger partial charge in [-0.05, 0) is 25.0 Å². The molecular weight excluding hydrogens is 408 g/mol. The van der Waals surface area contributed by atoms with Gasteiger partial charge in [0.05, 0.1) is 25.2 Å². The van der Waals surface area contributed by atoms with Crippen molar-refractivity contribution in [2.24, 2.45) is 0 Å². The largest absolute Gasteiger partial charge is 0.493 e. The molecule has 2 aromatic rings. The highest BCUT2D eigenvalue weighted by Gasteiger charge is 2.35. The first kappa shape index (κ1) is 21.9. The number of hydrogen-bond acceptors (Lipinski definition) is 7. The molecule has 30 heavy (non-hydrogen) atoms. The lowest BCUT2D eigenvalue weighted by atomic mass is 9.98. The second-order valence-corrected chi connectivity index (χ2v) is 8.42. The van der Waals surface area contributed by atoms with E-state index in [4.69, 9.17) is 14.2 Å².